The number of aromatic nitrogens is 4. The normalized spacial score (nSPS) is 21.0. The highest BCUT2D eigenvalue weighted by molar-refractivity contribution is 6.03. The topological polar surface area (TPSA) is 116 Å². The van der Waals surface area contributed by atoms with E-state index in [-0.39, 0.29) is 34.1 Å². The first-order chi connectivity index (χ1) is 27.3. The number of hydrogen-bond donors (Lipinski definition) is 2. The summed E-state index contributed by atoms with van der Waals surface area (Å²) in [6.45, 7) is 8.72. The Bertz CT molecular complexity index is 2270. The van der Waals surface area contributed by atoms with Crippen molar-refractivity contribution < 1.29 is 23.1 Å². The Morgan fingerprint density at radius 3 is 2.43 bits per heavy atom. The van der Waals surface area contributed by atoms with Crippen LogP contribution in [0.25, 0.3) is 32.9 Å². The summed E-state index contributed by atoms with van der Waals surface area (Å²) in [5.41, 5.74) is 0.113. The zero-order valence-corrected chi connectivity index (χ0v) is 31.8. The largest absolute Gasteiger partial charge is 0.508 e. The van der Waals surface area contributed by atoms with Gasteiger partial charge in [0.2, 0.25) is 0 Å². The van der Waals surface area contributed by atoms with E-state index in [1.807, 2.05) is 0 Å². The number of likely N-dealkylation sites (tertiary alicyclic amines) is 1. The summed E-state index contributed by atoms with van der Waals surface area (Å²) in [5, 5.41) is 19.8. The smallest absolute Gasteiger partial charge is 0.319 e. The summed E-state index contributed by atoms with van der Waals surface area (Å²) in [6, 6.07) is 8.40. The fourth-order valence-electron chi connectivity index (χ4n) is 9.44. The standard InChI is InChI=1S/C43H48F2N8O3/c1-3-32-22-37(50-56-32)52-15-11-27(12-16-52)19-26-9-13-51(14-10-26)17-18-55-43-48-41-35(42(49-43)53-24-29-6-7-30(25-53)47-29)23-46-40(39(41)45)34-21-31(54)20-28-5-8-36(44)33(4-2)38(28)34/h2,5,8,20-23,26-27,29-30,47,54H,3,6-7,9-19,24-25H2,1H3. The Hall–Kier alpha value is -5.06. The molecular weight excluding hydrogens is 715 g/mol. The number of rotatable bonds is 10. The number of phenolic OH excluding ortho intramolecular Hbond substituents is 1. The van der Waals surface area contributed by atoms with Crippen molar-refractivity contribution in [3.63, 3.8) is 0 Å². The van der Waals surface area contributed by atoms with E-state index in [0.717, 1.165) is 88.5 Å². The predicted molar refractivity (Wildman–Crippen MR) is 212 cm³/mol. The molecule has 0 amide bonds. The lowest BCUT2D eigenvalue weighted by molar-refractivity contribution is 0.137. The van der Waals surface area contributed by atoms with Crippen molar-refractivity contribution in [2.24, 2.45) is 11.8 Å². The second-order valence-electron chi connectivity index (χ2n) is 16.0. The fourth-order valence-corrected chi connectivity index (χ4v) is 9.44. The van der Waals surface area contributed by atoms with Gasteiger partial charge in [-0.15, -0.1) is 6.42 Å². The molecule has 0 spiro atoms. The number of aromatic hydroxyl groups is 1. The van der Waals surface area contributed by atoms with Crippen molar-refractivity contribution in [1.82, 2.24) is 30.3 Å². The molecule has 2 aromatic carbocycles. The fraction of sp³-hybridized carbons (Fsp3) is 0.488. The maximum Gasteiger partial charge on any atom is 0.319 e. The molecule has 0 saturated carbocycles. The van der Waals surface area contributed by atoms with Crippen LogP contribution in [0.4, 0.5) is 20.4 Å². The van der Waals surface area contributed by atoms with E-state index in [2.05, 4.69) is 54.1 Å². The number of nitrogens with one attached hydrogen (secondary N) is 1. The molecule has 0 aliphatic carbocycles. The number of phenols is 1. The molecule has 4 aliphatic heterocycles. The van der Waals surface area contributed by atoms with Crippen molar-refractivity contribution >= 4 is 33.3 Å². The Morgan fingerprint density at radius 2 is 1.71 bits per heavy atom. The lowest BCUT2D eigenvalue weighted by Gasteiger charge is -2.36. The number of terminal acetylenes is 1. The van der Waals surface area contributed by atoms with E-state index in [4.69, 9.17) is 20.7 Å². The van der Waals surface area contributed by atoms with Gasteiger partial charge in [-0.2, -0.15) is 9.97 Å². The minimum atomic E-state index is -0.718. The maximum absolute atomic E-state index is 16.9. The van der Waals surface area contributed by atoms with Gasteiger partial charge < -0.3 is 29.5 Å². The molecule has 2 atom stereocenters. The number of ether oxygens (including phenoxy) is 1. The highest BCUT2D eigenvalue weighted by Gasteiger charge is 2.34. The van der Waals surface area contributed by atoms with Crippen LogP contribution in [-0.2, 0) is 6.42 Å². The Balaban J connectivity index is 0.898. The summed E-state index contributed by atoms with van der Waals surface area (Å²) in [6.07, 6.45) is 16.3. The molecule has 9 rings (SSSR count). The van der Waals surface area contributed by atoms with E-state index in [9.17, 15) is 9.50 Å². The molecular formula is C43H48F2N8O3. The molecule has 292 valence electrons. The van der Waals surface area contributed by atoms with Gasteiger partial charge in [0.05, 0.1) is 10.9 Å². The van der Waals surface area contributed by atoms with Crippen LogP contribution in [-0.4, -0.2) is 94.6 Å². The van der Waals surface area contributed by atoms with E-state index >= 15 is 4.39 Å². The lowest BCUT2D eigenvalue weighted by atomic mass is 9.83. The summed E-state index contributed by atoms with van der Waals surface area (Å²) in [7, 11) is 0. The van der Waals surface area contributed by atoms with Gasteiger partial charge in [0.1, 0.15) is 41.0 Å². The first kappa shape index (κ1) is 36.6. The van der Waals surface area contributed by atoms with Gasteiger partial charge in [-0.05, 0) is 93.5 Å². The molecule has 0 radical (unpaired) electrons. The molecule has 7 heterocycles. The lowest BCUT2D eigenvalue weighted by Crippen LogP contribution is -2.51. The Kier molecular flexibility index (Phi) is 10.1. The van der Waals surface area contributed by atoms with Gasteiger partial charge in [-0.25, -0.2) is 8.78 Å². The first-order valence-electron chi connectivity index (χ1n) is 20.2. The van der Waals surface area contributed by atoms with Crippen LogP contribution in [0.2, 0.25) is 0 Å². The number of nitrogens with zero attached hydrogens (tertiary/aromatic N) is 7. The van der Waals surface area contributed by atoms with Gasteiger partial charge in [-0.1, -0.05) is 24.1 Å². The zero-order valence-electron chi connectivity index (χ0n) is 31.8. The summed E-state index contributed by atoms with van der Waals surface area (Å²) >= 11 is 0. The van der Waals surface area contributed by atoms with Gasteiger partial charge in [0.25, 0.3) is 0 Å². The third-order valence-electron chi connectivity index (χ3n) is 12.5. The Labute approximate surface area is 325 Å². The second-order valence-corrected chi connectivity index (χ2v) is 16.0. The van der Waals surface area contributed by atoms with E-state index in [1.54, 1.807) is 6.20 Å². The molecule has 2 unspecified atom stereocenters. The minimum Gasteiger partial charge on any atom is -0.508 e. The predicted octanol–water partition coefficient (Wildman–Crippen LogP) is 6.70. The number of fused-ring (bicyclic) bond motifs is 4. The molecule has 4 aliphatic rings. The number of pyridine rings is 1. The molecule has 56 heavy (non-hydrogen) atoms. The van der Waals surface area contributed by atoms with Crippen molar-refractivity contribution in [2.75, 3.05) is 62.2 Å². The summed E-state index contributed by atoms with van der Waals surface area (Å²) < 4.78 is 43.5. The average molecular weight is 763 g/mol. The van der Waals surface area contributed by atoms with Crippen LogP contribution < -0.4 is 19.9 Å². The number of halogens is 2. The number of benzene rings is 2. The second kappa shape index (κ2) is 15.5. The molecule has 3 aromatic heterocycles. The van der Waals surface area contributed by atoms with Crippen LogP contribution in [0, 0.1) is 35.8 Å². The Morgan fingerprint density at radius 1 is 0.964 bits per heavy atom. The monoisotopic (exact) mass is 762 g/mol. The molecule has 2 bridgehead atoms. The van der Waals surface area contributed by atoms with Crippen LogP contribution in [0.3, 0.4) is 0 Å². The molecule has 2 N–H and O–H groups in total. The molecule has 5 aromatic rings. The SMILES string of the molecule is C#Cc1c(F)ccc2cc(O)cc(-c3ncc4c(N5CC6CCC(C5)N6)nc(OCCN5CCC(CC6CCN(c7cc(CC)on7)CC6)CC5)nc4c3F)c12. The van der Waals surface area contributed by atoms with Gasteiger partial charge in [0, 0.05) is 74.4 Å². The van der Waals surface area contributed by atoms with Crippen LogP contribution >= 0.6 is 0 Å². The van der Waals surface area contributed by atoms with Crippen molar-refractivity contribution in [1.29, 1.82) is 0 Å². The molecule has 4 fully saturated rings. The number of anilines is 2. The van der Waals surface area contributed by atoms with E-state index in [0.29, 0.717) is 40.7 Å². The van der Waals surface area contributed by atoms with Crippen molar-refractivity contribution in [3.05, 3.63) is 59.5 Å². The third-order valence-corrected chi connectivity index (χ3v) is 12.5. The maximum atomic E-state index is 16.9. The van der Waals surface area contributed by atoms with Crippen LogP contribution in [0.5, 0.6) is 11.8 Å². The average Bonchev–Trinajstić information content (AvgIpc) is 3.84. The van der Waals surface area contributed by atoms with Gasteiger partial charge in [0.15, 0.2) is 11.6 Å². The third kappa shape index (κ3) is 7.21. The minimum absolute atomic E-state index is 0.0265. The highest BCUT2D eigenvalue weighted by Crippen LogP contribution is 2.39. The zero-order chi connectivity index (χ0) is 38.3. The number of piperazine rings is 1. The van der Waals surface area contributed by atoms with E-state index < -0.39 is 11.6 Å². The number of aryl methyl sites for hydroxylation is 1. The highest BCUT2D eigenvalue weighted by atomic mass is 19.1. The number of piperidine rings is 2. The quantitative estimate of drug-likeness (QED) is 0.148. The van der Waals surface area contributed by atoms with Gasteiger partial charge in [-0.3, -0.25) is 9.88 Å². The molecule has 13 heteroatoms. The molecule has 11 nitrogen and oxygen atoms in total. The van der Waals surface area contributed by atoms with Crippen molar-refractivity contribution in [2.45, 2.75) is 70.4 Å². The van der Waals surface area contributed by atoms with E-state index in [1.165, 1.54) is 56.4 Å². The number of hydrogen-bond acceptors (Lipinski definition) is 11. The van der Waals surface area contributed by atoms with Crippen LogP contribution in [0.15, 0.2) is 41.1 Å². The summed E-state index contributed by atoms with van der Waals surface area (Å²) in [4.78, 5) is 21.0. The summed E-state index contributed by atoms with van der Waals surface area (Å²) in [5.74, 6) is 4.92. The van der Waals surface area contributed by atoms with Crippen LogP contribution in [0.1, 0.15) is 63.2 Å². The first-order valence-corrected chi connectivity index (χ1v) is 20.2. The van der Waals surface area contributed by atoms with Gasteiger partial charge >= 0.3 is 6.01 Å². The molecule has 4 saturated heterocycles. The van der Waals surface area contributed by atoms with Crippen molar-refractivity contribution in [3.8, 4) is 35.4 Å².